The summed E-state index contributed by atoms with van der Waals surface area (Å²) in [6.07, 6.45) is 1.84. The van der Waals surface area contributed by atoms with Crippen LogP contribution >= 0.6 is 15.9 Å². The number of anilines is 1. The van der Waals surface area contributed by atoms with Crippen LogP contribution in [0.25, 0.3) is 10.9 Å². The molecule has 0 amide bonds. The molecule has 2 heterocycles. The monoisotopic (exact) mass is 329 g/mol. The lowest BCUT2D eigenvalue weighted by Crippen LogP contribution is -2.06. The molecule has 2 aromatic heterocycles. The number of nitrogens with one attached hydrogen (secondary N) is 1. The fourth-order valence-electron chi connectivity index (χ4n) is 2.55. The van der Waals surface area contributed by atoms with Crippen molar-refractivity contribution in [3.05, 3.63) is 58.5 Å². The largest absolute Gasteiger partial charge is 0.378 e. The van der Waals surface area contributed by atoms with Crippen LogP contribution < -0.4 is 5.32 Å². The topological polar surface area (TPSA) is 29.9 Å². The molecule has 3 aromatic rings. The molecule has 3 nitrogen and oxygen atoms in total. The van der Waals surface area contributed by atoms with Crippen LogP contribution in [0.15, 0.2) is 47.2 Å². The van der Waals surface area contributed by atoms with Crippen LogP contribution in [-0.4, -0.2) is 9.55 Å². The van der Waals surface area contributed by atoms with Crippen molar-refractivity contribution >= 4 is 32.5 Å². The van der Waals surface area contributed by atoms with Gasteiger partial charge >= 0.3 is 0 Å². The average molecular weight is 330 g/mol. The molecule has 1 N–H and O–H groups in total. The first-order valence-electron chi connectivity index (χ1n) is 6.55. The third kappa shape index (κ3) is 2.31. The van der Waals surface area contributed by atoms with Gasteiger partial charge in [0.05, 0.1) is 18.4 Å². The number of nitrogens with zero attached hydrogens (tertiary/aromatic N) is 2. The molecule has 102 valence electrons. The normalized spacial score (nSPS) is 10.9. The molecule has 0 bridgehead atoms. The van der Waals surface area contributed by atoms with Gasteiger partial charge in [0.15, 0.2) is 0 Å². The number of aromatic nitrogens is 2. The van der Waals surface area contributed by atoms with E-state index in [1.165, 1.54) is 22.2 Å². The van der Waals surface area contributed by atoms with E-state index in [-0.39, 0.29) is 0 Å². The van der Waals surface area contributed by atoms with Crippen molar-refractivity contribution < 1.29 is 0 Å². The van der Waals surface area contributed by atoms with Gasteiger partial charge < -0.3 is 9.88 Å². The zero-order valence-electron chi connectivity index (χ0n) is 11.5. The molecule has 4 heteroatoms. The fraction of sp³-hybridized carbons (Fsp3) is 0.188. The Hall–Kier alpha value is -1.81. The molecule has 0 saturated carbocycles. The number of rotatable bonds is 3. The molecule has 20 heavy (non-hydrogen) atoms. The second kappa shape index (κ2) is 5.29. The predicted molar refractivity (Wildman–Crippen MR) is 86.9 cm³/mol. The minimum absolute atomic E-state index is 0.792. The number of hydrogen-bond donors (Lipinski definition) is 1. The van der Waals surface area contributed by atoms with Crippen molar-refractivity contribution in [2.24, 2.45) is 7.05 Å². The summed E-state index contributed by atoms with van der Waals surface area (Å²) in [5.74, 6) is 0. The first kappa shape index (κ1) is 13.2. The summed E-state index contributed by atoms with van der Waals surface area (Å²) in [5.41, 5.74) is 4.93. The summed E-state index contributed by atoms with van der Waals surface area (Å²) in [6.45, 7) is 2.97. The van der Waals surface area contributed by atoms with E-state index < -0.39 is 0 Å². The van der Waals surface area contributed by atoms with E-state index in [0.29, 0.717) is 0 Å². The second-order valence-electron chi connectivity index (χ2n) is 4.87. The highest BCUT2D eigenvalue weighted by Crippen LogP contribution is 2.25. The van der Waals surface area contributed by atoms with Crippen LogP contribution in [-0.2, 0) is 13.6 Å². The molecular weight excluding hydrogens is 314 g/mol. The zero-order chi connectivity index (χ0) is 14.1. The molecule has 0 fully saturated rings. The molecule has 3 rings (SSSR count). The molecule has 0 aliphatic heterocycles. The van der Waals surface area contributed by atoms with Crippen LogP contribution in [0, 0.1) is 6.92 Å². The summed E-state index contributed by atoms with van der Waals surface area (Å²) in [5, 5.41) is 4.75. The standard InChI is InChI=1S/C16H16BrN3/c1-11-13-5-3-4-6-14(13)20(2)15(11)10-18-12-7-8-16(17)19-9-12/h3-9,18H,10H2,1-2H3. The summed E-state index contributed by atoms with van der Waals surface area (Å²) in [6, 6.07) is 12.5. The van der Waals surface area contributed by atoms with Gasteiger partial charge in [0.25, 0.3) is 0 Å². The molecule has 0 unspecified atom stereocenters. The van der Waals surface area contributed by atoms with Crippen molar-refractivity contribution in [3.8, 4) is 0 Å². The fourth-order valence-corrected chi connectivity index (χ4v) is 2.79. The van der Waals surface area contributed by atoms with E-state index in [1.54, 1.807) is 0 Å². The highest BCUT2D eigenvalue weighted by atomic mass is 79.9. The average Bonchev–Trinajstić information content (AvgIpc) is 2.71. The van der Waals surface area contributed by atoms with Crippen LogP contribution in [0.3, 0.4) is 0 Å². The second-order valence-corrected chi connectivity index (χ2v) is 5.68. The number of benzene rings is 1. The summed E-state index contributed by atoms with van der Waals surface area (Å²) < 4.78 is 3.10. The van der Waals surface area contributed by atoms with Crippen molar-refractivity contribution in [2.45, 2.75) is 13.5 Å². The quantitative estimate of drug-likeness (QED) is 0.728. The maximum atomic E-state index is 4.23. The Bertz CT molecular complexity index is 705. The summed E-state index contributed by atoms with van der Waals surface area (Å²) >= 11 is 3.34. The van der Waals surface area contributed by atoms with Gasteiger partial charge in [-0.25, -0.2) is 4.98 Å². The Morgan fingerprint density at radius 1 is 1.20 bits per heavy atom. The summed E-state index contributed by atoms with van der Waals surface area (Å²) in [4.78, 5) is 4.23. The number of halogens is 1. The number of aryl methyl sites for hydroxylation is 2. The van der Waals surface area contributed by atoms with Gasteiger partial charge in [-0.2, -0.15) is 0 Å². The van der Waals surface area contributed by atoms with E-state index in [2.05, 4.69) is 69.0 Å². The lowest BCUT2D eigenvalue weighted by Gasteiger charge is -2.09. The highest BCUT2D eigenvalue weighted by molar-refractivity contribution is 9.10. The molecule has 0 atom stereocenters. The lowest BCUT2D eigenvalue weighted by molar-refractivity contribution is 0.862. The van der Waals surface area contributed by atoms with Crippen molar-refractivity contribution in [2.75, 3.05) is 5.32 Å². The van der Waals surface area contributed by atoms with Gasteiger partial charge in [0, 0.05) is 23.6 Å². The van der Waals surface area contributed by atoms with Crippen LogP contribution in [0.1, 0.15) is 11.3 Å². The Morgan fingerprint density at radius 2 is 2.00 bits per heavy atom. The molecule has 0 radical (unpaired) electrons. The molecular formula is C16H16BrN3. The zero-order valence-corrected chi connectivity index (χ0v) is 13.1. The third-order valence-electron chi connectivity index (χ3n) is 3.69. The van der Waals surface area contributed by atoms with E-state index >= 15 is 0 Å². The maximum Gasteiger partial charge on any atom is 0.106 e. The minimum Gasteiger partial charge on any atom is -0.378 e. The van der Waals surface area contributed by atoms with Gasteiger partial charge in [0.2, 0.25) is 0 Å². The van der Waals surface area contributed by atoms with Gasteiger partial charge in [-0.15, -0.1) is 0 Å². The minimum atomic E-state index is 0.792. The lowest BCUT2D eigenvalue weighted by atomic mass is 10.1. The van der Waals surface area contributed by atoms with Crippen LogP contribution in [0.4, 0.5) is 5.69 Å². The number of pyridine rings is 1. The van der Waals surface area contributed by atoms with Crippen molar-refractivity contribution in [1.82, 2.24) is 9.55 Å². The number of fused-ring (bicyclic) bond motifs is 1. The Kier molecular flexibility index (Phi) is 3.49. The molecule has 0 saturated heterocycles. The smallest absolute Gasteiger partial charge is 0.106 e. The number of para-hydroxylation sites is 1. The molecule has 0 spiro atoms. The van der Waals surface area contributed by atoms with E-state index in [1.807, 2.05) is 18.3 Å². The van der Waals surface area contributed by atoms with Crippen molar-refractivity contribution in [3.63, 3.8) is 0 Å². The predicted octanol–water partition coefficient (Wildman–Crippen LogP) is 4.26. The SMILES string of the molecule is Cc1c(CNc2ccc(Br)nc2)n(C)c2ccccc12. The molecule has 0 aliphatic rings. The molecule has 0 aliphatic carbocycles. The highest BCUT2D eigenvalue weighted by Gasteiger charge is 2.10. The van der Waals surface area contributed by atoms with Gasteiger partial charge in [-0.1, -0.05) is 18.2 Å². The van der Waals surface area contributed by atoms with Crippen molar-refractivity contribution in [1.29, 1.82) is 0 Å². The van der Waals surface area contributed by atoms with Gasteiger partial charge in [-0.3, -0.25) is 0 Å². The first-order chi connectivity index (χ1) is 9.66. The third-order valence-corrected chi connectivity index (χ3v) is 4.16. The van der Waals surface area contributed by atoms with Gasteiger partial charge in [0.1, 0.15) is 4.60 Å². The number of hydrogen-bond acceptors (Lipinski definition) is 2. The first-order valence-corrected chi connectivity index (χ1v) is 7.34. The van der Waals surface area contributed by atoms with Crippen LogP contribution in [0.2, 0.25) is 0 Å². The van der Waals surface area contributed by atoms with E-state index in [9.17, 15) is 0 Å². The van der Waals surface area contributed by atoms with Crippen LogP contribution in [0.5, 0.6) is 0 Å². The molecule has 1 aromatic carbocycles. The maximum absolute atomic E-state index is 4.23. The van der Waals surface area contributed by atoms with Gasteiger partial charge in [-0.05, 0) is 46.6 Å². The summed E-state index contributed by atoms with van der Waals surface area (Å²) in [7, 11) is 2.12. The van der Waals surface area contributed by atoms with E-state index in [4.69, 9.17) is 0 Å². The van der Waals surface area contributed by atoms with E-state index in [0.717, 1.165) is 16.8 Å². The Balaban J connectivity index is 1.89. The Morgan fingerprint density at radius 3 is 2.70 bits per heavy atom. The Labute approximate surface area is 126 Å².